The Kier molecular flexibility index (Phi) is 2.54. The molecule has 2 heterocycles. The van der Waals surface area contributed by atoms with Crippen molar-refractivity contribution in [2.75, 3.05) is 6.54 Å². The fourth-order valence-electron chi connectivity index (χ4n) is 2.65. The first-order valence-electron chi connectivity index (χ1n) is 5.16. The van der Waals surface area contributed by atoms with Crippen molar-refractivity contribution in [1.29, 1.82) is 0 Å². The lowest BCUT2D eigenvalue weighted by molar-refractivity contribution is -0.137. The molecular formula is C10H15NO3. The fraction of sp³-hybridized carbons (Fsp3) is 0.800. The summed E-state index contributed by atoms with van der Waals surface area (Å²) in [5.41, 5.74) is 0. The molecule has 1 N–H and O–H groups in total. The highest BCUT2D eigenvalue weighted by atomic mass is 16.4. The molecular weight excluding hydrogens is 182 g/mol. The quantitative estimate of drug-likeness (QED) is 0.722. The summed E-state index contributed by atoms with van der Waals surface area (Å²) < 4.78 is 0. The second-order valence-electron chi connectivity index (χ2n) is 4.21. The molecule has 0 amide bonds. The van der Waals surface area contributed by atoms with Crippen molar-refractivity contribution < 1.29 is 14.7 Å². The number of ketones is 1. The number of nitrogens with zero attached hydrogens (tertiary/aromatic N) is 1. The van der Waals surface area contributed by atoms with Crippen LogP contribution in [-0.4, -0.2) is 40.4 Å². The van der Waals surface area contributed by atoms with E-state index >= 15 is 0 Å². The zero-order valence-electron chi connectivity index (χ0n) is 8.11. The van der Waals surface area contributed by atoms with Crippen LogP contribution >= 0.6 is 0 Å². The van der Waals surface area contributed by atoms with Gasteiger partial charge in [0.25, 0.3) is 0 Å². The first kappa shape index (κ1) is 9.65. The maximum absolute atomic E-state index is 11.3. The number of hydrogen-bond donors (Lipinski definition) is 1. The van der Waals surface area contributed by atoms with Crippen molar-refractivity contribution >= 4 is 11.8 Å². The lowest BCUT2D eigenvalue weighted by Crippen LogP contribution is -2.43. The van der Waals surface area contributed by atoms with E-state index in [1.807, 2.05) is 0 Å². The second kappa shape index (κ2) is 3.69. The normalized spacial score (nSPS) is 32.1. The number of piperidine rings is 1. The van der Waals surface area contributed by atoms with Gasteiger partial charge < -0.3 is 5.11 Å². The van der Waals surface area contributed by atoms with Gasteiger partial charge in [-0.1, -0.05) is 0 Å². The Morgan fingerprint density at radius 1 is 1.36 bits per heavy atom. The molecule has 4 heteroatoms. The van der Waals surface area contributed by atoms with Gasteiger partial charge in [0.1, 0.15) is 5.78 Å². The minimum Gasteiger partial charge on any atom is -0.481 e. The van der Waals surface area contributed by atoms with E-state index in [-0.39, 0.29) is 6.42 Å². The number of carbonyl (C=O) groups is 2. The van der Waals surface area contributed by atoms with Crippen LogP contribution in [0.4, 0.5) is 0 Å². The zero-order chi connectivity index (χ0) is 10.1. The smallest absolute Gasteiger partial charge is 0.304 e. The van der Waals surface area contributed by atoms with Gasteiger partial charge in [0.15, 0.2) is 0 Å². The van der Waals surface area contributed by atoms with E-state index in [4.69, 9.17) is 5.11 Å². The summed E-state index contributed by atoms with van der Waals surface area (Å²) in [6.07, 6.45) is 3.60. The largest absolute Gasteiger partial charge is 0.481 e. The summed E-state index contributed by atoms with van der Waals surface area (Å²) >= 11 is 0. The fourth-order valence-corrected chi connectivity index (χ4v) is 2.65. The van der Waals surface area contributed by atoms with Crippen molar-refractivity contribution in [3.05, 3.63) is 0 Å². The Balaban J connectivity index is 1.94. The average Bonchev–Trinajstić information content (AvgIpc) is 2.34. The molecule has 2 atom stereocenters. The molecule has 4 nitrogen and oxygen atoms in total. The number of fused-ring (bicyclic) bond motifs is 2. The van der Waals surface area contributed by atoms with Crippen LogP contribution in [0.5, 0.6) is 0 Å². The molecule has 0 unspecified atom stereocenters. The number of carboxylic acids is 1. The molecule has 0 aromatic heterocycles. The Hall–Kier alpha value is -0.900. The Bertz CT molecular complexity index is 248. The van der Waals surface area contributed by atoms with Crippen LogP contribution in [0.25, 0.3) is 0 Å². The van der Waals surface area contributed by atoms with Crippen molar-refractivity contribution in [3.63, 3.8) is 0 Å². The number of rotatable bonds is 3. The van der Waals surface area contributed by atoms with Gasteiger partial charge in [-0.25, -0.2) is 0 Å². The summed E-state index contributed by atoms with van der Waals surface area (Å²) in [4.78, 5) is 23.9. The standard InChI is InChI=1S/C10H15NO3/c12-9-5-7-1-2-8(6-9)11(7)4-3-10(13)14/h7-8H,1-6H2,(H,13,14)/t7-,8+. The van der Waals surface area contributed by atoms with Crippen LogP contribution in [0.2, 0.25) is 0 Å². The van der Waals surface area contributed by atoms with Crippen molar-refractivity contribution in [2.24, 2.45) is 0 Å². The van der Waals surface area contributed by atoms with Crippen molar-refractivity contribution in [2.45, 2.75) is 44.2 Å². The summed E-state index contributed by atoms with van der Waals surface area (Å²) in [7, 11) is 0. The molecule has 0 aliphatic carbocycles. The van der Waals surface area contributed by atoms with Crippen LogP contribution in [0, 0.1) is 0 Å². The predicted molar refractivity (Wildman–Crippen MR) is 50.0 cm³/mol. The van der Waals surface area contributed by atoms with Crippen molar-refractivity contribution in [1.82, 2.24) is 4.90 Å². The van der Waals surface area contributed by atoms with Gasteiger partial charge in [0.05, 0.1) is 6.42 Å². The summed E-state index contributed by atoms with van der Waals surface area (Å²) in [5, 5.41) is 8.60. The van der Waals surface area contributed by atoms with E-state index in [9.17, 15) is 9.59 Å². The number of carbonyl (C=O) groups excluding carboxylic acids is 1. The predicted octanol–water partition coefficient (Wildman–Crippen LogP) is 0.657. The Morgan fingerprint density at radius 2 is 1.93 bits per heavy atom. The molecule has 2 aliphatic heterocycles. The van der Waals surface area contributed by atoms with Crippen LogP contribution in [0.3, 0.4) is 0 Å². The molecule has 78 valence electrons. The zero-order valence-corrected chi connectivity index (χ0v) is 8.11. The lowest BCUT2D eigenvalue weighted by atomic mass is 10.0. The maximum Gasteiger partial charge on any atom is 0.304 e. The number of Topliss-reactive ketones (excluding diaryl/α,β-unsaturated/α-hetero) is 1. The minimum absolute atomic E-state index is 0.196. The maximum atomic E-state index is 11.3. The molecule has 2 aliphatic rings. The lowest BCUT2D eigenvalue weighted by Gasteiger charge is -2.33. The van der Waals surface area contributed by atoms with Crippen LogP contribution < -0.4 is 0 Å². The van der Waals surface area contributed by atoms with E-state index in [0.29, 0.717) is 37.3 Å². The van der Waals surface area contributed by atoms with E-state index in [1.165, 1.54) is 0 Å². The second-order valence-corrected chi connectivity index (χ2v) is 4.21. The highest BCUT2D eigenvalue weighted by Crippen LogP contribution is 2.33. The van der Waals surface area contributed by atoms with Gasteiger partial charge >= 0.3 is 5.97 Å². The van der Waals surface area contributed by atoms with Gasteiger partial charge in [0.2, 0.25) is 0 Å². The third kappa shape index (κ3) is 1.80. The monoisotopic (exact) mass is 197 g/mol. The highest BCUT2D eigenvalue weighted by Gasteiger charge is 2.39. The van der Waals surface area contributed by atoms with Gasteiger partial charge in [-0.2, -0.15) is 0 Å². The summed E-state index contributed by atoms with van der Waals surface area (Å²) in [6, 6.07) is 0.668. The highest BCUT2D eigenvalue weighted by molar-refractivity contribution is 5.81. The van der Waals surface area contributed by atoms with Gasteiger partial charge in [0, 0.05) is 31.5 Å². The van der Waals surface area contributed by atoms with Gasteiger partial charge in [-0.05, 0) is 12.8 Å². The molecule has 14 heavy (non-hydrogen) atoms. The molecule has 0 saturated carbocycles. The molecule has 2 fully saturated rings. The number of carboxylic acid groups (broad SMARTS) is 1. The van der Waals surface area contributed by atoms with E-state index < -0.39 is 5.97 Å². The van der Waals surface area contributed by atoms with E-state index in [0.717, 1.165) is 12.8 Å². The first-order chi connectivity index (χ1) is 6.66. The molecule has 2 saturated heterocycles. The molecule has 0 spiro atoms. The van der Waals surface area contributed by atoms with Crippen LogP contribution in [0.1, 0.15) is 32.1 Å². The molecule has 2 rings (SSSR count). The summed E-state index contributed by atoms with van der Waals surface area (Å²) in [5.74, 6) is -0.398. The first-order valence-corrected chi connectivity index (χ1v) is 5.16. The Morgan fingerprint density at radius 3 is 2.43 bits per heavy atom. The average molecular weight is 197 g/mol. The Labute approximate surface area is 82.9 Å². The molecule has 0 radical (unpaired) electrons. The van der Waals surface area contributed by atoms with Crippen LogP contribution in [-0.2, 0) is 9.59 Å². The van der Waals surface area contributed by atoms with Gasteiger partial charge in [-0.3, -0.25) is 14.5 Å². The molecule has 2 bridgehead atoms. The number of aliphatic carboxylic acids is 1. The molecule has 0 aromatic rings. The number of hydrogen-bond acceptors (Lipinski definition) is 3. The van der Waals surface area contributed by atoms with Crippen molar-refractivity contribution in [3.8, 4) is 0 Å². The SMILES string of the molecule is O=C(O)CCN1[C@@H]2CC[C@H]1CC(=O)C2. The van der Waals surface area contributed by atoms with E-state index in [1.54, 1.807) is 0 Å². The van der Waals surface area contributed by atoms with E-state index in [2.05, 4.69) is 4.90 Å². The third-order valence-corrected chi connectivity index (χ3v) is 3.28. The minimum atomic E-state index is -0.749. The van der Waals surface area contributed by atoms with Gasteiger partial charge in [-0.15, -0.1) is 0 Å². The third-order valence-electron chi connectivity index (χ3n) is 3.28. The molecule has 0 aromatic carbocycles. The topological polar surface area (TPSA) is 57.6 Å². The van der Waals surface area contributed by atoms with Crippen LogP contribution in [0.15, 0.2) is 0 Å². The summed E-state index contributed by atoms with van der Waals surface area (Å²) in [6.45, 7) is 0.609.